The van der Waals surface area contributed by atoms with Crippen molar-refractivity contribution >= 4 is 22.9 Å². The van der Waals surface area contributed by atoms with Gasteiger partial charge in [0.1, 0.15) is 17.9 Å². The van der Waals surface area contributed by atoms with Gasteiger partial charge in [0.2, 0.25) is 5.91 Å². The van der Waals surface area contributed by atoms with Crippen LogP contribution >= 0.6 is 0 Å². The van der Waals surface area contributed by atoms with Crippen molar-refractivity contribution in [2.45, 2.75) is 84.2 Å². The largest absolute Gasteiger partial charge is 0.444 e. The highest BCUT2D eigenvalue weighted by atomic mass is 16.6. The number of benzene rings is 1. The molecule has 8 nitrogen and oxygen atoms in total. The maximum atomic E-state index is 13.7. The Balaban J connectivity index is 1.90. The van der Waals surface area contributed by atoms with Gasteiger partial charge in [0.15, 0.2) is 0 Å². The predicted octanol–water partition coefficient (Wildman–Crippen LogP) is 3.59. The number of aromatic amines is 1. The fraction of sp³-hybridized carbons (Fsp3) is 0.600. The minimum atomic E-state index is -1.06. The molecule has 1 aromatic carbocycles. The van der Waals surface area contributed by atoms with Crippen molar-refractivity contribution in [3.05, 3.63) is 35.5 Å². The summed E-state index contributed by atoms with van der Waals surface area (Å²) in [5, 5.41) is 13.5. The number of alkyl carbamates (subject to hydrolysis) is 1. The highest BCUT2D eigenvalue weighted by Crippen LogP contribution is 2.38. The van der Waals surface area contributed by atoms with Crippen LogP contribution < -0.4 is 11.1 Å². The van der Waals surface area contributed by atoms with Gasteiger partial charge >= 0.3 is 6.09 Å². The number of carbonyl (C=O) groups is 2. The first kappa shape index (κ1) is 25.1. The van der Waals surface area contributed by atoms with E-state index in [4.69, 9.17) is 10.5 Å². The van der Waals surface area contributed by atoms with Crippen LogP contribution in [0.2, 0.25) is 0 Å². The van der Waals surface area contributed by atoms with Gasteiger partial charge in [-0.25, -0.2) is 4.79 Å². The summed E-state index contributed by atoms with van der Waals surface area (Å²) in [5.41, 5.74) is 8.25. The minimum Gasteiger partial charge on any atom is -0.444 e. The quantitative estimate of drug-likeness (QED) is 0.473. The fourth-order valence-corrected chi connectivity index (χ4v) is 4.52. The maximum absolute atomic E-state index is 13.7. The van der Waals surface area contributed by atoms with Gasteiger partial charge in [0.05, 0.1) is 6.04 Å². The van der Waals surface area contributed by atoms with Crippen LogP contribution in [0.3, 0.4) is 0 Å². The van der Waals surface area contributed by atoms with E-state index in [1.165, 1.54) is 10.9 Å². The second-order valence-electron chi connectivity index (χ2n) is 10.3. The summed E-state index contributed by atoms with van der Waals surface area (Å²) < 4.78 is 5.38. The summed E-state index contributed by atoms with van der Waals surface area (Å²) in [6, 6.07) is 7.25. The molecule has 0 saturated carbocycles. The topological polar surface area (TPSA) is 121 Å². The lowest BCUT2D eigenvalue weighted by atomic mass is 9.90. The monoisotopic (exact) mass is 458 g/mol. The third-order valence-electron chi connectivity index (χ3n) is 5.88. The number of nitrogens with two attached hydrogens (primary N) is 1. The van der Waals surface area contributed by atoms with E-state index in [0.29, 0.717) is 12.5 Å². The Hall–Kier alpha value is -2.58. The predicted molar refractivity (Wildman–Crippen MR) is 128 cm³/mol. The highest BCUT2D eigenvalue weighted by Gasteiger charge is 2.37. The number of fused-ring (bicyclic) bond motifs is 3. The summed E-state index contributed by atoms with van der Waals surface area (Å²) in [6.45, 7) is 10.2. The van der Waals surface area contributed by atoms with Crippen LogP contribution in [0, 0.1) is 5.92 Å². The van der Waals surface area contributed by atoms with E-state index in [-0.39, 0.29) is 24.8 Å². The number of para-hydroxylation sites is 1. The van der Waals surface area contributed by atoms with Gasteiger partial charge in [-0.05, 0) is 64.0 Å². The molecule has 5 N–H and O–H groups in total. The van der Waals surface area contributed by atoms with Crippen molar-refractivity contribution in [2.75, 3.05) is 6.54 Å². The molecule has 2 unspecified atom stereocenters. The Morgan fingerprint density at radius 1 is 1.27 bits per heavy atom. The SMILES string of the molecule is CC(C)CC1c2[nH]c3ccccc3c2CCN1C(=O)[C@@H](CCC(N)O)NC(=O)OC(C)(C)C. The van der Waals surface area contributed by atoms with Crippen molar-refractivity contribution < 1.29 is 19.4 Å². The van der Waals surface area contributed by atoms with E-state index in [1.807, 2.05) is 17.0 Å². The van der Waals surface area contributed by atoms with E-state index in [0.717, 1.165) is 24.1 Å². The number of rotatable bonds is 7. The molecule has 0 radical (unpaired) electrons. The number of nitrogens with zero attached hydrogens (tertiary/aromatic N) is 1. The normalized spacial score (nSPS) is 18.2. The van der Waals surface area contributed by atoms with Crippen molar-refractivity contribution in [2.24, 2.45) is 11.7 Å². The molecule has 3 rings (SSSR count). The van der Waals surface area contributed by atoms with E-state index < -0.39 is 24.0 Å². The number of aliphatic hydroxyl groups is 1. The second-order valence-corrected chi connectivity index (χ2v) is 10.3. The van der Waals surface area contributed by atoms with E-state index >= 15 is 0 Å². The minimum absolute atomic E-state index is 0.126. The Morgan fingerprint density at radius 2 is 1.97 bits per heavy atom. The average Bonchev–Trinajstić information content (AvgIpc) is 3.08. The zero-order valence-electron chi connectivity index (χ0n) is 20.4. The molecule has 182 valence electrons. The summed E-state index contributed by atoms with van der Waals surface area (Å²) in [6.07, 6.45) is 0.222. The molecule has 0 saturated heterocycles. The second kappa shape index (κ2) is 10.1. The molecule has 2 aromatic rings. The maximum Gasteiger partial charge on any atom is 0.408 e. The molecule has 33 heavy (non-hydrogen) atoms. The highest BCUT2D eigenvalue weighted by molar-refractivity contribution is 5.88. The van der Waals surface area contributed by atoms with Crippen LogP contribution in [0.5, 0.6) is 0 Å². The van der Waals surface area contributed by atoms with E-state index in [1.54, 1.807) is 20.8 Å². The van der Waals surface area contributed by atoms with Crippen molar-refractivity contribution in [3.63, 3.8) is 0 Å². The van der Waals surface area contributed by atoms with Crippen LogP contribution in [0.4, 0.5) is 4.79 Å². The molecule has 1 aromatic heterocycles. The number of hydrogen-bond acceptors (Lipinski definition) is 5. The number of nitrogens with one attached hydrogen (secondary N) is 2. The Morgan fingerprint density at radius 3 is 2.61 bits per heavy atom. The molecule has 3 atom stereocenters. The van der Waals surface area contributed by atoms with E-state index in [9.17, 15) is 14.7 Å². The van der Waals surface area contributed by atoms with Crippen LogP contribution in [0.1, 0.15) is 71.2 Å². The third-order valence-corrected chi connectivity index (χ3v) is 5.88. The molecular formula is C25H38N4O4. The zero-order valence-corrected chi connectivity index (χ0v) is 20.4. The molecule has 0 spiro atoms. The summed E-state index contributed by atoms with van der Waals surface area (Å²) >= 11 is 0. The Bertz CT molecular complexity index is 976. The van der Waals surface area contributed by atoms with Gasteiger partial charge in [-0.1, -0.05) is 32.0 Å². The number of hydrogen-bond donors (Lipinski definition) is 4. The lowest BCUT2D eigenvalue weighted by Gasteiger charge is -2.39. The van der Waals surface area contributed by atoms with Gasteiger partial charge < -0.3 is 30.8 Å². The first-order chi connectivity index (χ1) is 15.5. The molecule has 2 heterocycles. The molecule has 0 fully saturated rings. The average molecular weight is 459 g/mol. The van der Waals surface area contributed by atoms with Crippen molar-refractivity contribution in [3.8, 4) is 0 Å². The van der Waals surface area contributed by atoms with Crippen LogP contribution in [-0.4, -0.2) is 51.4 Å². The first-order valence-electron chi connectivity index (χ1n) is 11.8. The number of aliphatic hydroxyl groups excluding tert-OH is 1. The lowest BCUT2D eigenvalue weighted by molar-refractivity contribution is -0.137. The Kier molecular flexibility index (Phi) is 7.69. The summed E-state index contributed by atoms with van der Waals surface area (Å²) in [7, 11) is 0. The van der Waals surface area contributed by atoms with E-state index in [2.05, 4.69) is 36.3 Å². The van der Waals surface area contributed by atoms with Gasteiger partial charge in [0.25, 0.3) is 0 Å². The Labute approximate surface area is 195 Å². The summed E-state index contributed by atoms with van der Waals surface area (Å²) in [4.78, 5) is 31.6. The van der Waals surface area contributed by atoms with Crippen molar-refractivity contribution in [1.82, 2.24) is 15.2 Å². The lowest BCUT2D eigenvalue weighted by Crippen LogP contribution is -2.52. The molecule has 1 aliphatic rings. The van der Waals surface area contributed by atoms with Crippen LogP contribution in [0.25, 0.3) is 10.9 Å². The third kappa shape index (κ3) is 6.26. The van der Waals surface area contributed by atoms with Gasteiger partial charge in [-0.2, -0.15) is 0 Å². The molecule has 8 heteroatoms. The molecule has 2 amide bonds. The smallest absolute Gasteiger partial charge is 0.408 e. The summed E-state index contributed by atoms with van der Waals surface area (Å²) in [5.74, 6) is 0.183. The van der Waals surface area contributed by atoms with Crippen LogP contribution in [-0.2, 0) is 16.0 Å². The standard InChI is InChI=1S/C25H38N4O4/c1-15(2)14-20-22-17(16-8-6-7-9-18(16)27-22)12-13-29(20)23(31)19(10-11-21(26)30)28-24(32)33-25(3,4)5/h6-9,15,19-21,27,30H,10-14,26H2,1-5H3,(H,28,32)/t19-,20?,21?/m1/s1. The number of aromatic nitrogens is 1. The van der Waals surface area contributed by atoms with Gasteiger partial charge in [-0.15, -0.1) is 0 Å². The fourth-order valence-electron chi connectivity index (χ4n) is 4.52. The molecule has 0 aliphatic carbocycles. The number of amides is 2. The number of ether oxygens (including phenoxy) is 1. The first-order valence-corrected chi connectivity index (χ1v) is 11.8. The van der Waals surface area contributed by atoms with Crippen LogP contribution in [0.15, 0.2) is 24.3 Å². The number of carbonyl (C=O) groups excluding carboxylic acids is 2. The number of H-pyrrole nitrogens is 1. The van der Waals surface area contributed by atoms with Gasteiger partial charge in [0, 0.05) is 23.1 Å². The van der Waals surface area contributed by atoms with Gasteiger partial charge in [-0.3, -0.25) is 4.79 Å². The zero-order chi connectivity index (χ0) is 24.3. The van der Waals surface area contributed by atoms with Crippen molar-refractivity contribution in [1.29, 1.82) is 0 Å². The molecular weight excluding hydrogens is 420 g/mol. The molecule has 1 aliphatic heterocycles. The molecule has 0 bridgehead atoms.